The molecule has 0 amide bonds. The van der Waals surface area contributed by atoms with Crippen LogP contribution in [0.4, 0.5) is 0 Å². The minimum atomic E-state index is 0.130. The first kappa shape index (κ1) is 10.2. The smallest absolute Gasteiger partial charge is 0.0485 e. The van der Waals surface area contributed by atoms with Gasteiger partial charge in [-0.3, -0.25) is 0 Å². The lowest BCUT2D eigenvalue weighted by Gasteiger charge is -2.00. The predicted octanol–water partition coefficient (Wildman–Crippen LogP) is 1.24. The van der Waals surface area contributed by atoms with Crippen LogP contribution >= 0.6 is 0 Å². The number of aromatic nitrogens is 1. The molecule has 3 heteroatoms. The summed E-state index contributed by atoms with van der Waals surface area (Å²) in [6.07, 6.45) is 1.25. The molecule has 0 fully saturated rings. The Kier molecular flexibility index (Phi) is 3.04. The van der Waals surface area contributed by atoms with Crippen molar-refractivity contribution in [3.05, 3.63) is 35.5 Å². The van der Waals surface area contributed by atoms with Crippen molar-refractivity contribution in [2.24, 2.45) is 0 Å². The molecule has 2 aromatic rings. The molecular weight excluding hydrogens is 190 g/mol. The van der Waals surface area contributed by atoms with Crippen LogP contribution in [0.3, 0.4) is 0 Å². The molecule has 1 heterocycles. The van der Waals surface area contributed by atoms with E-state index in [1.165, 1.54) is 0 Å². The van der Waals surface area contributed by atoms with Gasteiger partial charge in [0.1, 0.15) is 0 Å². The van der Waals surface area contributed by atoms with Crippen LogP contribution in [0.25, 0.3) is 10.9 Å². The zero-order chi connectivity index (χ0) is 10.7. The summed E-state index contributed by atoms with van der Waals surface area (Å²) in [5, 5.41) is 19.1. The summed E-state index contributed by atoms with van der Waals surface area (Å²) in [6.45, 7) is 0.269. The molecule has 0 saturated heterocycles. The molecule has 1 aromatic carbocycles. The highest BCUT2D eigenvalue weighted by molar-refractivity contribution is 5.84. The van der Waals surface area contributed by atoms with E-state index in [1.807, 2.05) is 24.3 Å². The monoisotopic (exact) mass is 205 g/mol. The fourth-order valence-corrected chi connectivity index (χ4v) is 1.98. The van der Waals surface area contributed by atoms with E-state index in [0.717, 1.165) is 22.2 Å². The fraction of sp³-hybridized carbons (Fsp3) is 0.333. The Morgan fingerprint density at radius 2 is 1.73 bits per heavy atom. The standard InChI is InChI=1S/C12H15NO2/c14-7-5-10-9-3-1-2-4-11(9)13-12(10)6-8-15/h1-4,13-15H,5-8H2. The fourth-order valence-electron chi connectivity index (χ4n) is 1.98. The van der Waals surface area contributed by atoms with Crippen molar-refractivity contribution >= 4 is 10.9 Å². The Hall–Kier alpha value is -1.32. The van der Waals surface area contributed by atoms with Gasteiger partial charge in [-0.1, -0.05) is 18.2 Å². The van der Waals surface area contributed by atoms with Gasteiger partial charge < -0.3 is 15.2 Å². The number of para-hydroxylation sites is 1. The highest BCUT2D eigenvalue weighted by atomic mass is 16.3. The maximum absolute atomic E-state index is 9.01. The second-order valence-electron chi connectivity index (χ2n) is 3.57. The summed E-state index contributed by atoms with van der Waals surface area (Å²) < 4.78 is 0. The highest BCUT2D eigenvalue weighted by Gasteiger charge is 2.09. The molecular formula is C12H15NO2. The lowest BCUT2D eigenvalue weighted by atomic mass is 10.1. The van der Waals surface area contributed by atoms with E-state index < -0.39 is 0 Å². The van der Waals surface area contributed by atoms with E-state index in [-0.39, 0.29) is 13.2 Å². The zero-order valence-corrected chi connectivity index (χ0v) is 8.53. The molecule has 0 saturated carbocycles. The molecule has 15 heavy (non-hydrogen) atoms. The van der Waals surface area contributed by atoms with Gasteiger partial charge in [0.2, 0.25) is 0 Å². The molecule has 0 unspecified atom stereocenters. The van der Waals surface area contributed by atoms with Crippen LogP contribution in [0.5, 0.6) is 0 Å². The SMILES string of the molecule is OCCc1[nH]c2ccccc2c1CCO. The van der Waals surface area contributed by atoms with Gasteiger partial charge in [0.25, 0.3) is 0 Å². The summed E-state index contributed by atoms with van der Waals surface area (Å²) in [7, 11) is 0. The first-order chi connectivity index (χ1) is 7.36. The molecule has 0 radical (unpaired) electrons. The lowest BCUT2D eigenvalue weighted by molar-refractivity contribution is 0.292. The number of benzene rings is 1. The molecule has 80 valence electrons. The van der Waals surface area contributed by atoms with Gasteiger partial charge >= 0.3 is 0 Å². The number of aliphatic hydroxyl groups excluding tert-OH is 2. The molecule has 3 N–H and O–H groups in total. The van der Waals surface area contributed by atoms with Crippen molar-refractivity contribution < 1.29 is 10.2 Å². The third-order valence-electron chi connectivity index (χ3n) is 2.63. The van der Waals surface area contributed by atoms with Crippen LogP contribution in [0.15, 0.2) is 24.3 Å². The van der Waals surface area contributed by atoms with E-state index in [0.29, 0.717) is 12.8 Å². The van der Waals surface area contributed by atoms with Gasteiger partial charge in [0, 0.05) is 36.2 Å². The lowest BCUT2D eigenvalue weighted by Crippen LogP contribution is -1.98. The first-order valence-electron chi connectivity index (χ1n) is 5.17. The Morgan fingerprint density at radius 3 is 2.47 bits per heavy atom. The van der Waals surface area contributed by atoms with E-state index in [1.54, 1.807) is 0 Å². The zero-order valence-electron chi connectivity index (χ0n) is 8.53. The molecule has 3 nitrogen and oxygen atoms in total. The number of nitrogens with one attached hydrogen (secondary N) is 1. The van der Waals surface area contributed by atoms with Gasteiger partial charge in [-0.05, 0) is 18.1 Å². The minimum absolute atomic E-state index is 0.130. The molecule has 2 rings (SSSR count). The van der Waals surface area contributed by atoms with Crippen LogP contribution in [-0.2, 0) is 12.8 Å². The van der Waals surface area contributed by atoms with Gasteiger partial charge in [-0.25, -0.2) is 0 Å². The van der Waals surface area contributed by atoms with Gasteiger partial charge in [-0.2, -0.15) is 0 Å². The Balaban J connectivity index is 2.53. The van der Waals surface area contributed by atoms with Gasteiger partial charge in [0.15, 0.2) is 0 Å². The average molecular weight is 205 g/mol. The molecule has 0 aliphatic heterocycles. The van der Waals surface area contributed by atoms with E-state index >= 15 is 0 Å². The molecule has 0 atom stereocenters. The molecule has 1 aromatic heterocycles. The number of aliphatic hydroxyl groups is 2. The summed E-state index contributed by atoms with van der Waals surface area (Å²) >= 11 is 0. The average Bonchev–Trinajstić information content (AvgIpc) is 2.59. The summed E-state index contributed by atoms with van der Waals surface area (Å²) in [4.78, 5) is 3.28. The minimum Gasteiger partial charge on any atom is -0.396 e. The van der Waals surface area contributed by atoms with Crippen molar-refractivity contribution in [3.63, 3.8) is 0 Å². The van der Waals surface area contributed by atoms with Crippen molar-refractivity contribution in [1.82, 2.24) is 4.98 Å². The van der Waals surface area contributed by atoms with Crippen LogP contribution in [-0.4, -0.2) is 28.4 Å². The number of H-pyrrole nitrogens is 1. The summed E-state index contributed by atoms with van der Waals surface area (Å²) in [5.74, 6) is 0. The number of hydrogen-bond acceptors (Lipinski definition) is 2. The maximum Gasteiger partial charge on any atom is 0.0485 e. The van der Waals surface area contributed by atoms with Crippen LogP contribution in [0.2, 0.25) is 0 Å². The molecule has 0 bridgehead atoms. The van der Waals surface area contributed by atoms with Crippen LogP contribution in [0, 0.1) is 0 Å². The number of hydrogen-bond donors (Lipinski definition) is 3. The topological polar surface area (TPSA) is 56.2 Å². The Morgan fingerprint density at radius 1 is 1.00 bits per heavy atom. The number of fused-ring (bicyclic) bond motifs is 1. The van der Waals surface area contributed by atoms with Crippen LogP contribution < -0.4 is 0 Å². The third-order valence-corrected chi connectivity index (χ3v) is 2.63. The summed E-state index contributed by atoms with van der Waals surface area (Å²) in [5.41, 5.74) is 3.24. The largest absolute Gasteiger partial charge is 0.396 e. The number of aromatic amines is 1. The van der Waals surface area contributed by atoms with Crippen molar-refractivity contribution in [3.8, 4) is 0 Å². The molecule has 0 aliphatic carbocycles. The van der Waals surface area contributed by atoms with Crippen molar-refractivity contribution in [1.29, 1.82) is 0 Å². The Labute approximate surface area is 88.4 Å². The maximum atomic E-state index is 9.01. The second-order valence-corrected chi connectivity index (χ2v) is 3.57. The molecule has 0 spiro atoms. The van der Waals surface area contributed by atoms with Gasteiger partial charge in [0.05, 0.1) is 0 Å². The van der Waals surface area contributed by atoms with E-state index in [4.69, 9.17) is 10.2 Å². The van der Waals surface area contributed by atoms with Crippen molar-refractivity contribution in [2.75, 3.05) is 13.2 Å². The first-order valence-corrected chi connectivity index (χ1v) is 5.17. The predicted molar refractivity (Wildman–Crippen MR) is 59.9 cm³/mol. The molecule has 0 aliphatic rings. The van der Waals surface area contributed by atoms with Gasteiger partial charge in [-0.15, -0.1) is 0 Å². The Bertz CT molecular complexity index is 448. The quantitative estimate of drug-likeness (QED) is 0.703. The normalized spacial score (nSPS) is 11.1. The summed E-state index contributed by atoms with van der Waals surface area (Å²) in [6, 6.07) is 8.01. The van der Waals surface area contributed by atoms with Crippen LogP contribution in [0.1, 0.15) is 11.3 Å². The van der Waals surface area contributed by atoms with E-state index in [2.05, 4.69) is 4.98 Å². The second kappa shape index (κ2) is 4.47. The van der Waals surface area contributed by atoms with Crippen molar-refractivity contribution in [2.45, 2.75) is 12.8 Å². The van der Waals surface area contributed by atoms with E-state index in [9.17, 15) is 0 Å². The highest BCUT2D eigenvalue weighted by Crippen LogP contribution is 2.22. The number of rotatable bonds is 4. The third kappa shape index (κ3) is 1.89.